The van der Waals surface area contributed by atoms with Crippen LogP contribution in [0.5, 0.6) is 0 Å². The van der Waals surface area contributed by atoms with Crippen LogP contribution in [0.4, 0.5) is 5.82 Å². The number of amides is 1. The summed E-state index contributed by atoms with van der Waals surface area (Å²) in [5, 5.41) is 7.51. The fourth-order valence-electron chi connectivity index (χ4n) is 3.56. The lowest BCUT2D eigenvalue weighted by Crippen LogP contribution is -2.26. The summed E-state index contributed by atoms with van der Waals surface area (Å²) in [4.78, 5) is 13.4. The molecule has 0 aliphatic carbocycles. The minimum Gasteiger partial charge on any atom is -0.311 e. The Morgan fingerprint density at radius 1 is 1.42 bits per heavy atom. The Labute approximate surface area is 152 Å². The molecule has 24 heavy (non-hydrogen) atoms. The molecule has 2 aliphatic rings. The van der Waals surface area contributed by atoms with Crippen LogP contribution in [0.2, 0.25) is 0 Å². The van der Waals surface area contributed by atoms with Crippen molar-refractivity contribution >= 4 is 48.8 Å². The number of nitrogens with one attached hydrogen (secondary N) is 1. The Bertz CT molecular complexity index is 932. The Balaban J connectivity index is 1.80. The summed E-state index contributed by atoms with van der Waals surface area (Å²) >= 11 is 5.09. The van der Waals surface area contributed by atoms with E-state index >= 15 is 0 Å². The van der Waals surface area contributed by atoms with E-state index in [1.165, 1.54) is 0 Å². The molecule has 0 radical (unpaired) electrons. The van der Waals surface area contributed by atoms with Crippen LogP contribution in [0.25, 0.3) is 0 Å². The number of aryl methyl sites for hydroxylation is 1. The molecule has 4 heterocycles. The second kappa shape index (κ2) is 5.67. The highest BCUT2D eigenvalue weighted by Crippen LogP contribution is 2.43. The number of nitrogens with zero attached hydrogens (tertiary/aromatic N) is 2. The molecule has 1 N–H and O–H groups in total. The van der Waals surface area contributed by atoms with Gasteiger partial charge < -0.3 is 5.32 Å². The van der Waals surface area contributed by atoms with E-state index in [1.807, 2.05) is 19.1 Å². The molecule has 1 saturated heterocycles. The van der Waals surface area contributed by atoms with Crippen LogP contribution in [-0.4, -0.2) is 35.6 Å². The van der Waals surface area contributed by atoms with Crippen LogP contribution >= 0.6 is 27.3 Å². The zero-order valence-electron chi connectivity index (χ0n) is 13.0. The number of hydrogen-bond acceptors (Lipinski definition) is 5. The summed E-state index contributed by atoms with van der Waals surface area (Å²) in [6.45, 7) is 1.92. The minimum atomic E-state index is -3.01. The molecule has 2 aromatic heterocycles. The van der Waals surface area contributed by atoms with Crippen LogP contribution in [0, 0.1) is 6.92 Å². The molecule has 0 aromatic carbocycles. The molecule has 0 spiro atoms. The number of thiophene rings is 1. The molecule has 1 amide bonds. The number of aromatic nitrogens is 2. The highest BCUT2D eigenvalue weighted by atomic mass is 79.9. The normalized spacial score (nSPS) is 25.5. The van der Waals surface area contributed by atoms with Gasteiger partial charge in [0.1, 0.15) is 5.82 Å². The first-order valence-electron chi connectivity index (χ1n) is 7.68. The third-order valence-electron chi connectivity index (χ3n) is 4.62. The smallest absolute Gasteiger partial charge is 0.226 e. The molecule has 2 atom stereocenters. The van der Waals surface area contributed by atoms with Gasteiger partial charge in [0.25, 0.3) is 0 Å². The zero-order valence-corrected chi connectivity index (χ0v) is 16.2. The second-order valence-electron chi connectivity index (χ2n) is 6.30. The van der Waals surface area contributed by atoms with Crippen LogP contribution in [-0.2, 0) is 14.6 Å². The first-order valence-corrected chi connectivity index (χ1v) is 11.1. The van der Waals surface area contributed by atoms with Gasteiger partial charge in [0.05, 0.1) is 27.0 Å². The standard InChI is InChI=1S/C15H16BrN3O3S2/c1-8-14-10(11-2-3-12(16)23-11)6-13(20)17-15(14)19(18-8)9-4-5-24(21,22)7-9/h2-3,9-10H,4-7H2,1H3,(H,17,20)/t9-,10+/m1/s1. The molecular weight excluding hydrogens is 414 g/mol. The topological polar surface area (TPSA) is 81.1 Å². The molecule has 9 heteroatoms. The van der Waals surface area contributed by atoms with Crippen molar-refractivity contribution in [2.24, 2.45) is 0 Å². The molecule has 6 nitrogen and oxygen atoms in total. The first-order chi connectivity index (χ1) is 11.3. The Kier molecular flexibility index (Phi) is 3.85. The van der Waals surface area contributed by atoms with Crippen molar-refractivity contribution in [2.75, 3.05) is 16.8 Å². The zero-order chi connectivity index (χ0) is 17.1. The Morgan fingerprint density at radius 3 is 2.83 bits per heavy atom. The molecule has 128 valence electrons. The fraction of sp³-hybridized carbons (Fsp3) is 0.467. The van der Waals surface area contributed by atoms with Crippen LogP contribution < -0.4 is 5.32 Å². The van der Waals surface area contributed by atoms with Crippen molar-refractivity contribution in [3.8, 4) is 0 Å². The highest BCUT2D eigenvalue weighted by Gasteiger charge is 2.37. The second-order valence-corrected chi connectivity index (χ2v) is 11.0. The van der Waals surface area contributed by atoms with Crippen molar-refractivity contribution in [1.29, 1.82) is 0 Å². The van der Waals surface area contributed by atoms with Crippen molar-refractivity contribution in [2.45, 2.75) is 31.7 Å². The van der Waals surface area contributed by atoms with E-state index in [9.17, 15) is 13.2 Å². The van der Waals surface area contributed by atoms with Gasteiger partial charge in [-0.1, -0.05) is 0 Å². The van der Waals surface area contributed by atoms with E-state index in [0.717, 1.165) is 19.9 Å². The molecule has 1 fully saturated rings. The number of carbonyl (C=O) groups is 1. The van der Waals surface area contributed by atoms with Gasteiger partial charge in [-0.3, -0.25) is 4.79 Å². The summed E-state index contributed by atoms with van der Waals surface area (Å²) in [7, 11) is -3.01. The number of fused-ring (bicyclic) bond motifs is 1. The van der Waals surface area contributed by atoms with Crippen molar-refractivity contribution < 1.29 is 13.2 Å². The summed E-state index contributed by atoms with van der Waals surface area (Å²) in [5.41, 5.74) is 1.86. The fourth-order valence-corrected chi connectivity index (χ4v) is 6.79. The number of halogens is 1. The summed E-state index contributed by atoms with van der Waals surface area (Å²) in [6, 6.07) is 3.81. The quantitative estimate of drug-likeness (QED) is 0.795. The maximum absolute atomic E-state index is 12.2. The van der Waals surface area contributed by atoms with Gasteiger partial charge >= 0.3 is 0 Å². The molecule has 0 unspecified atom stereocenters. The molecular formula is C15H16BrN3O3S2. The molecule has 2 aromatic rings. The number of hydrogen-bond donors (Lipinski definition) is 1. The van der Waals surface area contributed by atoms with Gasteiger partial charge in [0.15, 0.2) is 9.84 Å². The van der Waals surface area contributed by atoms with Crippen LogP contribution in [0.3, 0.4) is 0 Å². The minimum absolute atomic E-state index is 0.0307. The number of rotatable bonds is 2. The molecule has 0 saturated carbocycles. The maximum Gasteiger partial charge on any atom is 0.226 e. The van der Waals surface area contributed by atoms with Gasteiger partial charge in [-0.2, -0.15) is 5.10 Å². The van der Waals surface area contributed by atoms with Crippen LogP contribution in [0.1, 0.15) is 40.9 Å². The number of anilines is 1. The number of carbonyl (C=O) groups excluding carboxylic acids is 1. The predicted octanol–water partition coefficient (Wildman–Crippen LogP) is 2.85. The average Bonchev–Trinajstić information content (AvgIpc) is 3.17. The van der Waals surface area contributed by atoms with Gasteiger partial charge in [-0.15, -0.1) is 11.3 Å². The largest absolute Gasteiger partial charge is 0.311 e. The summed E-state index contributed by atoms with van der Waals surface area (Å²) < 4.78 is 26.4. The van der Waals surface area contributed by atoms with E-state index in [0.29, 0.717) is 18.7 Å². The van der Waals surface area contributed by atoms with Crippen molar-refractivity contribution in [1.82, 2.24) is 9.78 Å². The lowest BCUT2D eigenvalue weighted by molar-refractivity contribution is -0.116. The molecule has 2 aliphatic heterocycles. The summed E-state index contributed by atoms with van der Waals surface area (Å²) in [5.74, 6) is 0.850. The first kappa shape index (κ1) is 16.3. The Morgan fingerprint density at radius 2 is 2.21 bits per heavy atom. The van der Waals surface area contributed by atoms with Gasteiger partial charge in [-0.25, -0.2) is 13.1 Å². The van der Waals surface area contributed by atoms with Gasteiger partial charge in [0, 0.05) is 22.8 Å². The van der Waals surface area contributed by atoms with E-state index in [2.05, 4.69) is 26.3 Å². The van der Waals surface area contributed by atoms with Gasteiger partial charge in [0.2, 0.25) is 5.91 Å². The van der Waals surface area contributed by atoms with E-state index < -0.39 is 9.84 Å². The van der Waals surface area contributed by atoms with E-state index in [4.69, 9.17) is 0 Å². The van der Waals surface area contributed by atoms with Gasteiger partial charge in [-0.05, 0) is 41.4 Å². The maximum atomic E-state index is 12.2. The predicted molar refractivity (Wildman–Crippen MR) is 96.4 cm³/mol. The number of sulfone groups is 1. The third kappa shape index (κ3) is 2.72. The van der Waals surface area contributed by atoms with E-state index in [1.54, 1.807) is 16.0 Å². The average molecular weight is 430 g/mol. The van der Waals surface area contributed by atoms with E-state index in [-0.39, 0.29) is 29.4 Å². The van der Waals surface area contributed by atoms with Crippen molar-refractivity contribution in [3.05, 3.63) is 32.1 Å². The SMILES string of the molecule is Cc1nn([C@@H]2CCS(=O)(=O)C2)c2c1[C@H](c1ccc(Br)s1)CC(=O)N2. The summed E-state index contributed by atoms with van der Waals surface area (Å²) in [6.07, 6.45) is 0.927. The molecule has 0 bridgehead atoms. The monoisotopic (exact) mass is 429 g/mol. The third-order valence-corrected chi connectivity index (χ3v) is 8.11. The molecule has 4 rings (SSSR count). The van der Waals surface area contributed by atoms with Crippen molar-refractivity contribution in [3.63, 3.8) is 0 Å². The highest BCUT2D eigenvalue weighted by molar-refractivity contribution is 9.11. The lowest BCUT2D eigenvalue weighted by Gasteiger charge is -2.24. The van der Waals surface area contributed by atoms with Crippen LogP contribution in [0.15, 0.2) is 15.9 Å². The lowest BCUT2D eigenvalue weighted by atomic mass is 9.90. The Hall–Kier alpha value is -1.19.